The molecular formula is C20H12CuN6S2. The van der Waals surface area contributed by atoms with Crippen LogP contribution in [0, 0.1) is 0 Å². The van der Waals surface area contributed by atoms with E-state index in [1.165, 1.54) is 0 Å². The summed E-state index contributed by atoms with van der Waals surface area (Å²) in [6.45, 7) is 0. The summed E-state index contributed by atoms with van der Waals surface area (Å²) >= 11 is 3.11. The van der Waals surface area contributed by atoms with Crippen LogP contribution in [-0.2, 0) is 17.1 Å². The van der Waals surface area contributed by atoms with Crippen LogP contribution in [0.4, 0.5) is 0 Å². The molecule has 9 heteroatoms. The van der Waals surface area contributed by atoms with Gasteiger partial charge in [0.25, 0.3) is 0 Å². The fraction of sp³-hybridized carbons (Fsp3) is 0. The summed E-state index contributed by atoms with van der Waals surface area (Å²) in [7, 11) is 0. The summed E-state index contributed by atoms with van der Waals surface area (Å²) in [6, 6.07) is 15.7. The van der Waals surface area contributed by atoms with Gasteiger partial charge in [0.05, 0.1) is 22.4 Å². The number of imidazole rings is 2. The fourth-order valence-electron chi connectivity index (χ4n) is 2.69. The van der Waals surface area contributed by atoms with Gasteiger partial charge in [0, 0.05) is 10.8 Å². The third kappa shape index (κ3) is 4.13. The Morgan fingerprint density at radius 1 is 0.621 bits per heavy atom. The summed E-state index contributed by atoms with van der Waals surface area (Å²) in [5.74, 6) is 1.43. The van der Waals surface area contributed by atoms with Crippen molar-refractivity contribution in [3.05, 3.63) is 70.3 Å². The van der Waals surface area contributed by atoms with Gasteiger partial charge in [-0.3, -0.25) is 0 Å². The second-order valence-electron chi connectivity index (χ2n) is 5.82. The molecule has 29 heavy (non-hydrogen) atoms. The van der Waals surface area contributed by atoms with E-state index in [0.717, 1.165) is 33.5 Å². The summed E-state index contributed by atoms with van der Waals surface area (Å²) in [5, 5.41) is 3.91. The normalized spacial score (nSPS) is 10.5. The topological polar surface area (TPSA) is 79.8 Å². The third-order valence-corrected chi connectivity index (χ3v) is 5.16. The van der Waals surface area contributed by atoms with Crippen molar-refractivity contribution in [1.82, 2.24) is 29.9 Å². The number of fused-ring (bicyclic) bond motifs is 2. The fourth-order valence-corrected chi connectivity index (χ4v) is 3.75. The van der Waals surface area contributed by atoms with Gasteiger partial charge < -0.3 is 19.9 Å². The van der Waals surface area contributed by atoms with E-state index in [2.05, 4.69) is 29.9 Å². The molecule has 4 aromatic heterocycles. The number of thiazole rings is 2. The Bertz CT molecular complexity index is 1150. The Hall–Kier alpha value is -2.84. The molecule has 0 saturated heterocycles. The van der Waals surface area contributed by atoms with E-state index in [1.54, 1.807) is 33.7 Å². The van der Waals surface area contributed by atoms with Gasteiger partial charge in [-0.2, -0.15) is 0 Å². The van der Waals surface area contributed by atoms with Crippen LogP contribution in [0.3, 0.4) is 0 Å². The first kappa shape index (κ1) is 19.5. The van der Waals surface area contributed by atoms with Crippen LogP contribution in [0.1, 0.15) is 0 Å². The van der Waals surface area contributed by atoms with Crippen LogP contribution in [0.25, 0.3) is 45.1 Å². The van der Waals surface area contributed by atoms with Crippen molar-refractivity contribution in [3.8, 4) is 23.0 Å². The molecule has 0 amide bonds. The number of aromatic nitrogens is 6. The monoisotopic (exact) mass is 463 g/mol. The molecule has 145 valence electrons. The van der Waals surface area contributed by atoms with Gasteiger partial charge >= 0.3 is 17.1 Å². The van der Waals surface area contributed by atoms with Crippen molar-refractivity contribution in [3.63, 3.8) is 0 Å². The molecule has 0 atom stereocenters. The van der Waals surface area contributed by atoms with Crippen molar-refractivity contribution < 1.29 is 17.1 Å². The van der Waals surface area contributed by atoms with Crippen LogP contribution in [-0.4, -0.2) is 19.9 Å². The van der Waals surface area contributed by atoms with Gasteiger partial charge in [-0.1, -0.05) is 48.5 Å². The molecule has 0 saturated carbocycles. The predicted molar refractivity (Wildman–Crippen MR) is 112 cm³/mol. The molecule has 0 fully saturated rings. The second kappa shape index (κ2) is 8.67. The first-order valence-corrected chi connectivity index (χ1v) is 10.3. The zero-order valence-electron chi connectivity index (χ0n) is 14.7. The summed E-state index contributed by atoms with van der Waals surface area (Å²) in [5.41, 5.74) is 8.99. The van der Waals surface area contributed by atoms with Crippen LogP contribution in [0.15, 0.2) is 70.3 Å². The van der Waals surface area contributed by atoms with Gasteiger partial charge in [-0.25, -0.2) is 9.97 Å². The van der Waals surface area contributed by atoms with Gasteiger partial charge in [0.1, 0.15) is 0 Å². The quantitative estimate of drug-likeness (QED) is 0.348. The van der Waals surface area contributed by atoms with Gasteiger partial charge in [0.15, 0.2) is 0 Å². The van der Waals surface area contributed by atoms with Crippen molar-refractivity contribution in [2.45, 2.75) is 0 Å². The van der Waals surface area contributed by atoms with Crippen LogP contribution < -0.4 is 9.97 Å². The Labute approximate surface area is 184 Å². The first-order chi connectivity index (χ1) is 13.9. The van der Waals surface area contributed by atoms with E-state index in [-0.39, 0.29) is 17.1 Å². The maximum atomic E-state index is 4.39. The molecule has 0 aliphatic rings. The Balaban J connectivity index is 0.000000137. The number of hydrogen-bond acceptors (Lipinski definition) is 6. The zero-order chi connectivity index (χ0) is 18.8. The number of benzene rings is 2. The van der Waals surface area contributed by atoms with E-state index in [4.69, 9.17) is 0 Å². The van der Waals surface area contributed by atoms with Crippen molar-refractivity contribution in [2.24, 2.45) is 0 Å². The van der Waals surface area contributed by atoms with Gasteiger partial charge in [-0.05, 0) is 33.7 Å². The third-order valence-electron chi connectivity index (χ3n) is 3.99. The van der Waals surface area contributed by atoms with E-state index in [9.17, 15) is 0 Å². The number of nitrogens with zero attached hydrogens (tertiary/aromatic N) is 6. The molecule has 6 aromatic rings. The minimum atomic E-state index is 0. The molecule has 0 aliphatic carbocycles. The summed E-state index contributed by atoms with van der Waals surface area (Å²) in [6.07, 6.45) is 0. The predicted octanol–water partition coefficient (Wildman–Crippen LogP) is 4.63. The van der Waals surface area contributed by atoms with E-state index < -0.39 is 0 Å². The van der Waals surface area contributed by atoms with Crippen molar-refractivity contribution >= 4 is 44.7 Å². The molecule has 0 spiro atoms. The largest absolute Gasteiger partial charge is 2.00 e. The van der Waals surface area contributed by atoms with Crippen LogP contribution in [0.5, 0.6) is 0 Å². The molecule has 0 unspecified atom stereocenters. The minimum absolute atomic E-state index is 0. The standard InChI is InChI=1S/2C10H6N3S.Cu/c2*1-2-4-8-7(3-1)12-10(13-8)9-5-14-6-11-9;/h2*1-6H;/q2*-1;+2. The maximum absolute atomic E-state index is 4.39. The summed E-state index contributed by atoms with van der Waals surface area (Å²) in [4.78, 5) is 25.9. The van der Waals surface area contributed by atoms with Gasteiger partial charge in [0.2, 0.25) is 0 Å². The molecule has 0 aliphatic heterocycles. The molecule has 2 aromatic carbocycles. The van der Waals surface area contributed by atoms with E-state index in [1.807, 2.05) is 59.3 Å². The Morgan fingerprint density at radius 3 is 1.45 bits per heavy atom. The summed E-state index contributed by atoms with van der Waals surface area (Å²) < 4.78 is 0. The van der Waals surface area contributed by atoms with Gasteiger partial charge in [-0.15, -0.1) is 22.7 Å². The molecule has 0 bridgehead atoms. The average molecular weight is 464 g/mol. The van der Waals surface area contributed by atoms with Crippen molar-refractivity contribution in [2.75, 3.05) is 0 Å². The molecule has 0 N–H and O–H groups in total. The first-order valence-electron chi connectivity index (χ1n) is 8.43. The van der Waals surface area contributed by atoms with Crippen LogP contribution in [0.2, 0.25) is 0 Å². The number of hydrogen-bond donors (Lipinski definition) is 0. The van der Waals surface area contributed by atoms with Crippen LogP contribution >= 0.6 is 22.7 Å². The number of rotatable bonds is 2. The molecule has 6 nitrogen and oxygen atoms in total. The Kier molecular flexibility index (Phi) is 5.82. The smallest absolute Gasteiger partial charge is 0.434 e. The Morgan fingerprint density at radius 2 is 1.07 bits per heavy atom. The zero-order valence-corrected chi connectivity index (χ0v) is 17.3. The van der Waals surface area contributed by atoms with E-state index >= 15 is 0 Å². The maximum Gasteiger partial charge on any atom is 2.00 e. The molecule has 4 heterocycles. The molecule has 1 radical (unpaired) electrons. The SMILES string of the molecule is [Cu+2].c1ccc2[n-]c(-c3cscn3)nc2c1.c1ccc2[n-]c(-c3cscn3)nc2c1. The molecular weight excluding hydrogens is 452 g/mol. The number of para-hydroxylation sites is 4. The van der Waals surface area contributed by atoms with Crippen molar-refractivity contribution in [1.29, 1.82) is 0 Å². The van der Waals surface area contributed by atoms with E-state index in [0.29, 0.717) is 11.6 Å². The second-order valence-corrected chi connectivity index (χ2v) is 7.26. The average Bonchev–Trinajstić information content (AvgIpc) is 3.54. The molecule has 6 rings (SSSR count). The minimum Gasteiger partial charge on any atom is -0.434 e.